The van der Waals surface area contributed by atoms with E-state index >= 15 is 0 Å². The average molecular weight is 384 g/mol. The van der Waals surface area contributed by atoms with Crippen molar-refractivity contribution in [2.24, 2.45) is 10.9 Å². The zero-order chi connectivity index (χ0) is 19.8. The van der Waals surface area contributed by atoms with Gasteiger partial charge in [0.15, 0.2) is 30.5 Å². The second kappa shape index (κ2) is 7.06. The van der Waals surface area contributed by atoms with Gasteiger partial charge in [0.25, 0.3) is 11.8 Å². The van der Waals surface area contributed by atoms with Crippen molar-refractivity contribution >= 4 is 29.4 Å². The summed E-state index contributed by atoms with van der Waals surface area (Å²) in [6.45, 7) is 4.32. The standard InChI is InChI=1S/C19H22N5O4/c1-3-24-18(26)15-13(6-7-20-16(15)21(2)19(24)27)22-8-10-23(11-9-22)17(25)14-5-4-12-28-14/h4-7,12,15H,3,8-11H2,1-2H3/q+1. The van der Waals surface area contributed by atoms with E-state index in [1.54, 1.807) is 37.2 Å². The average Bonchev–Trinajstić information content (AvgIpc) is 3.26. The highest BCUT2D eigenvalue weighted by Gasteiger charge is 2.48. The lowest BCUT2D eigenvalue weighted by Gasteiger charge is -2.37. The highest BCUT2D eigenvalue weighted by molar-refractivity contribution is 6.30. The number of piperazine rings is 1. The summed E-state index contributed by atoms with van der Waals surface area (Å²) < 4.78 is 7.29. The van der Waals surface area contributed by atoms with Crippen LogP contribution in [0.25, 0.3) is 0 Å². The summed E-state index contributed by atoms with van der Waals surface area (Å²) in [5.41, 5.74) is 0.817. The number of imide groups is 1. The number of urea groups is 1. The maximum absolute atomic E-state index is 13.0. The fraction of sp³-hybridized carbons (Fsp3) is 0.421. The van der Waals surface area contributed by atoms with Crippen LogP contribution in [0.2, 0.25) is 0 Å². The topological polar surface area (TPSA) is 89.4 Å². The van der Waals surface area contributed by atoms with Crippen LogP contribution in [-0.2, 0) is 4.79 Å². The van der Waals surface area contributed by atoms with Gasteiger partial charge in [-0.3, -0.25) is 19.4 Å². The third-order valence-electron chi connectivity index (χ3n) is 5.36. The van der Waals surface area contributed by atoms with E-state index in [2.05, 4.69) is 9.57 Å². The first-order chi connectivity index (χ1) is 13.5. The summed E-state index contributed by atoms with van der Waals surface area (Å²) in [5, 5.41) is 0. The molecular formula is C19H22N5O4+. The molecule has 4 amide bonds. The molecule has 2 saturated heterocycles. The number of amidine groups is 1. The van der Waals surface area contributed by atoms with Crippen molar-refractivity contribution in [3.05, 3.63) is 36.4 Å². The van der Waals surface area contributed by atoms with E-state index in [0.29, 0.717) is 44.3 Å². The van der Waals surface area contributed by atoms with E-state index in [1.807, 2.05) is 6.08 Å². The summed E-state index contributed by atoms with van der Waals surface area (Å²) >= 11 is 0. The molecule has 28 heavy (non-hydrogen) atoms. The number of fused-ring (bicyclic) bond motifs is 1. The minimum Gasteiger partial charge on any atom is -0.459 e. The molecule has 2 fully saturated rings. The van der Waals surface area contributed by atoms with Gasteiger partial charge in [0.05, 0.1) is 19.4 Å². The van der Waals surface area contributed by atoms with E-state index in [1.165, 1.54) is 16.1 Å². The molecule has 0 saturated carbocycles. The minimum atomic E-state index is -0.597. The van der Waals surface area contributed by atoms with Crippen LogP contribution in [-0.4, -0.2) is 88.4 Å². The second-order valence-electron chi connectivity index (χ2n) is 6.84. The number of carbonyl (C=O) groups excluding carboxylic acids is 3. The van der Waals surface area contributed by atoms with Crippen molar-refractivity contribution in [2.45, 2.75) is 6.92 Å². The Kier molecular flexibility index (Phi) is 4.58. The number of furan rings is 1. The van der Waals surface area contributed by atoms with Crippen molar-refractivity contribution < 1.29 is 23.4 Å². The molecule has 1 atom stereocenters. The molecule has 146 valence electrons. The molecule has 9 heteroatoms. The number of aliphatic imine (C=N–C) groups is 1. The van der Waals surface area contributed by atoms with Crippen LogP contribution < -0.4 is 0 Å². The first-order valence-corrected chi connectivity index (χ1v) is 9.30. The first kappa shape index (κ1) is 18.1. The maximum atomic E-state index is 13.0. The number of hydrogen-bond donors (Lipinski definition) is 0. The zero-order valence-electron chi connectivity index (χ0n) is 15.9. The molecule has 0 bridgehead atoms. The molecule has 0 radical (unpaired) electrons. The molecule has 0 aliphatic carbocycles. The Morgan fingerprint density at radius 3 is 2.71 bits per heavy atom. The third-order valence-corrected chi connectivity index (χ3v) is 5.36. The van der Waals surface area contributed by atoms with Crippen molar-refractivity contribution in [3.8, 4) is 0 Å². The normalized spacial score (nSPS) is 22.6. The molecule has 4 heterocycles. The molecule has 3 aliphatic rings. The summed E-state index contributed by atoms with van der Waals surface area (Å²) in [7, 11) is 1.64. The van der Waals surface area contributed by atoms with E-state index in [-0.39, 0.29) is 17.8 Å². The monoisotopic (exact) mass is 384 g/mol. The van der Waals surface area contributed by atoms with Crippen molar-refractivity contribution in [2.75, 3.05) is 39.8 Å². The van der Waals surface area contributed by atoms with Gasteiger partial charge in [-0.25, -0.2) is 14.4 Å². The fourth-order valence-corrected chi connectivity index (χ4v) is 3.84. The van der Waals surface area contributed by atoms with E-state index in [0.717, 1.165) is 5.71 Å². The lowest BCUT2D eigenvalue weighted by Crippen LogP contribution is -2.62. The minimum absolute atomic E-state index is 0.132. The Hall–Kier alpha value is -3.23. The van der Waals surface area contributed by atoms with Gasteiger partial charge in [-0.2, -0.15) is 0 Å². The summed E-state index contributed by atoms with van der Waals surface area (Å²) in [6, 6.07) is 2.99. The fourth-order valence-electron chi connectivity index (χ4n) is 3.84. The Morgan fingerprint density at radius 1 is 1.32 bits per heavy atom. The van der Waals surface area contributed by atoms with Crippen molar-refractivity contribution in [1.82, 2.24) is 14.7 Å². The maximum Gasteiger partial charge on any atom is 0.331 e. The van der Waals surface area contributed by atoms with Gasteiger partial charge in [0.1, 0.15) is 5.84 Å². The summed E-state index contributed by atoms with van der Waals surface area (Å²) in [5.74, 6) is -0.203. The molecule has 1 aromatic heterocycles. The Morgan fingerprint density at radius 2 is 2.07 bits per heavy atom. The molecule has 3 aliphatic heterocycles. The lowest BCUT2D eigenvalue weighted by molar-refractivity contribution is -0.538. The molecule has 9 nitrogen and oxygen atoms in total. The summed E-state index contributed by atoms with van der Waals surface area (Å²) in [6.07, 6.45) is 4.94. The van der Waals surface area contributed by atoms with E-state index < -0.39 is 5.92 Å². The Bertz CT molecular complexity index is 905. The number of amides is 4. The number of allylic oxidation sites excluding steroid dienone is 1. The second-order valence-corrected chi connectivity index (χ2v) is 6.84. The van der Waals surface area contributed by atoms with Gasteiger partial charge < -0.3 is 9.32 Å². The van der Waals surface area contributed by atoms with Gasteiger partial charge >= 0.3 is 6.03 Å². The van der Waals surface area contributed by atoms with Crippen LogP contribution in [0.5, 0.6) is 0 Å². The van der Waals surface area contributed by atoms with Crippen LogP contribution in [0.15, 0.2) is 40.1 Å². The predicted molar refractivity (Wildman–Crippen MR) is 100 cm³/mol. The lowest BCUT2D eigenvalue weighted by atomic mass is 9.94. The molecule has 1 unspecified atom stereocenters. The first-order valence-electron chi connectivity index (χ1n) is 9.30. The van der Waals surface area contributed by atoms with Crippen LogP contribution in [0, 0.1) is 5.92 Å². The van der Waals surface area contributed by atoms with Gasteiger partial charge in [-0.15, -0.1) is 0 Å². The van der Waals surface area contributed by atoms with Gasteiger partial charge in [0, 0.05) is 25.9 Å². The van der Waals surface area contributed by atoms with Gasteiger partial charge in [0.2, 0.25) is 0 Å². The number of carbonyl (C=O) groups is 3. The zero-order valence-corrected chi connectivity index (χ0v) is 15.9. The molecule has 0 N–H and O–H groups in total. The molecule has 4 rings (SSSR count). The predicted octanol–water partition coefficient (Wildman–Crippen LogP) is 0.645. The Labute approximate surface area is 162 Å². The molecule has 0 spiro atoms. The molecular weight excluding hydrogens is 362 g/mol. The quantitative estimate of drug-likeness (QED) is 0.700. The highest BCUT2D eigenvalue weighted by atomic mass is 16.3. The molecule has 1 aromatic rings. The molecule has 0 aromatic carbocycles. The third kappa shape index (κ3) is 2.83. The van der Waals surface area contributed by atoms with Crippen LogP contribution in [0.4, 0.5) is 4.79 Å². The number of hydrogen-bond acceptors (Lipinski definition) is 5. The SMILES string of the molecule is CCN1C(=O)C2C(=NC=CC2=[N+]2CCN(C(=O)c3ccco3)CC2)N(C)C1=O. The van der Waals surface area contributed by atoms with Crippen LogP contribution >= 0.6 is 0 Å². The van der Waals surface area contributed by atoms with Crippen molar-refractivity contribution in [3.63, 3.8) is 0 Å². The summed E-state index contributed by atoms with van der Waals surface area (Å²) in [4.78, 5) is 46.5. The number of rotatable bonds is 2. The highest BCUT2D eigenvalue weighted by Crippen LogP contribution is 2.23. The van der Waals surface area contributed by atoms with E-state index in [4.69, 9.17) is 4.42 Å². The van der Waals surface area contributed by atoms with Crippen molar-refractivity contribution in [1.29, 1.82) is 0 Å². The largest absolute Gasteiger partial charge is 0.459 e. The van der Waals surface area contributed by atoms with Crippen LogP contribution in [0.1, 0.15) is 17.5 Å². The Balaban J connectivity index is 1.57. The number of nitrogens with zero attached hydrogens (tertiary/aromatic N) is 5. The van der Waals surface area contributed by atoms with Gasteiger partial charge in [-0.1, -0.05) is 0 Å². The smallest absolute Gasteiger partial charge is 0.331 e. The van der Waals surface area contributed by atoms with Gasteiger partial charge in [-0.05, 0) is 19.1 Å². The van der Waals surface area contributed by atoms with E-state index in [9.17, 15) is 14.4 Å². The van der Waals surface area contributed by atoms with Crippen LogP contribution in [0.3, 0.4) is 0 Å².